The van der Waals surface area contributed by atoms with Crippen molar-refractivity contribution in [3.05, 3.63) is 0 Å². The van der Waals surface area contributed by atoms with Crippen LogP contribution in [0.5, 0.6) is 0 Å². The molecular formula is C5H10NaO3. The number of aliphatic hydroxyl groups is 1. The summed E-state index contributed by atoms with van der Waals surface area (Å²) in [5.41, 5.74) is -0.986. The number of carboxylic acid groups (broad SMARTS) is 1. The molecule has 1 radical (unpaired) electrons. The van der Waals surface area contributed by atoms with E-state index in [1.807, 2.05) is 0 Å². The fourth-order valence-corrected chi connectivity index (χ4v) is 0.0676. The molecule has 0 aromatic heterocycles. The van der Waals surface area contributed by atoms with Gasteiger partial charge in [-0.15, -0.1) is 0 Å². The molecule has 0 amide bonds. The Hall–Kier alpha value is 0.430. The molecule has 3 nitrogen and oxygen atoms in total. The van der Waals surface area contributed by atoms with Gasteiger partial charge >= 0.3 is 5.97 Å². The predicted molar refractivity (Wildman–Crippen MR) is 34.3 cm³/mol. The molecule has 0 rings (SSSR count). The van der Waals surface area contributed by atoms with Crippen LogP contribution in [-0.2, 0) is 4.79 Å². The van der Waals surface area contributed by atoms with E-state index in [0.29, 0.717) is 0 Å². The Bertz CT molecular complexity index is 100. The molecule has 0 aliphatic carbocycles. The number of aliphatic carboxylic acids is 1. The van der Waals surface area contributed by atoms with E-state index < -0.39 is 11.4 Å². The van der Waals surface area contributed by atoms with Gasteiger partial charge in [0, 0.05) is 29.6 Å². The maximum absolute atomic E-state index is 10.1. The molecule has 0 aliphatic rings. The van der Waals surface area contributed by atoms with Crippen LogP contribution in [0.4, 0.5) is 0 Å². The summed E-state index contributed by atoms with van der Waals surface area (Å²) in [7, 11) is 0. The Morgan fingerprint density at radius 1 is 1.56 bits per heavy atom. The molecular weight excluding hydrogens is 131 g/mol. The van der Waals surface area contributed by atoms with Crippen molar-refractivity contribution in [2.75, 3.05) is 6.61 Å². The molecule has 0 saturated carbocycles. The molecule has 49 valence electrons. The van der Waals surface area contributed by atoms with Gasteiger partial charge in [0.2, 0.25) is 0 Å². The molecule has 0 aliphatic heterocycles. The first-order chi connectivity index (χ1) is 3.50. The zero-order valence-corrected chi connectivity index (χ0v) is 8.01. The van der Waals surface area contributed by atoms with Gasteiger partial charge < -0.3 is 10.2 Å². The molecule has 0 fully saturated rings. The van der Waals surface area contributed by atoms with E-state index in [4.69, 9.17) is 10.2 Å². The first-order valence-corrected chi connectivity index (χ1v) is 2.35. The van der Waals surface area contributed by atoms with Crippen LogP contribution in [0, 0.1) is 5.41 Å². The third-order valence-electron chi connectivity index (χ3n) is 0.974. The summed E-state index contributed by atoms with van der Waals surface area (Å²) in [6, 6.07) is 0. The van der Waals surface area contributed by atoms with E-state index in [9.17, 15) is 4.79 Å². The quantitative estimate of drug-likeness (QED) is 0.519. The summed E-state index contributed by atoms with van der Waals surface area (Å²) in [4.78, 5) is 10.1. The van der Waals surface area contributed by atoms with Gasteiger partial charge in [-0.25, -0.2) is 0 Å². The van der Waals surface area contributed by atoms with Gasteiger partial charge in [0.25, 0.3) is 0 Å². The minimum Gasteiger partial charge on any atom is -0.481 e. The maximum atomic E-state index is 10.1. The largest absolute Gasteiger partial charge is 0.481 e. The minimum absolute atomic E-state index is 0. The van der Waals surface area contributed by atoms with E-state index in [-0.39, 0.29) is 36.2 Å². The maximum Gasteiger partial charge on any atom is 0.311 e. The van der Waals surface area contributed by atoms with Crippen molar-refractivity contribution in [1.82, 2.24) is 0 Å². The van der Waals surface area contributed by atoms with Crippen molar-refractivity contribution in [2.24, 2.45) is 5.41 Å². The van der Waals surface area contributed by atoms with Gasteiger partial charge in [-0.3, -0.25) is 4.79 Å². The van der Waals surface area contributed by atoms with Gasteiger partial charge in [0.15, 0.2) is 0 Å². The number of rotatable bonds is 2. The third-order valence-corrected chi connectivity index (χ3v) is 0.974. The molecule has 0 heterocycles. The standard InChI is InChI=1S/C5H10O3.Na/c1-5(2,3-6)4(7)8;/h6H,3H2,1-2H3,(H,7,8);. The van der Waals surface area contributed by atoms with Crippen molar-refractivity contribution < 1.29 is 15.0 Å². The summed E-state index contributed by atoms with van der Waals surface area (Å²) in [5.74, 6) is -0.972. The average molecular weight is 141 g/mol. The van der Waals surface area contributed by atoms with Gasteiger partial charge in [-0.1, -0.05) is 0 Å². The Balaban J connectivity index is 0. The van der Waals surface area contributed by atoms with Crippen molar-refractivity contribution >= 4 is 35.5 Å². The van der Waals surface area contributed by atoms with Crippen LogP contribution in [0.2, 0.25) is 0 Å². The topological polar surface area (TPSA) is 57.5 Å². The Labute approximate surface area is 76.4 Å². The molecule has 0 aromatic rings. The Morgan fingerprint density at radius 3 is 1.89 bits per heavy atom. The number of aliphatic hydroxyl groups excluding tert-OH is 1. The summed E-state index contributed by atoms with van der Waals surface area (Å²) in [6.45, 7) is 2.62. The van der Waals surface area contributed by atoms with Gasteiger partial charge in [-0.05, 0) is 13.8 Å². The van der Waals surface area contributed by atoms with Crippen LogP contribution in [0.3, 0.4) is 0 Å². The number of carboxylic acids is 1. The fraction of sp³-hybridized carbons (Fsp3) is 0.800. The van der Waals surface area contributed by atoms with Crippen molar-refractivity contribution in [2.45, 2.75) is 13.8 Å². The Morgan fingerprint density at radius 2 is 1.89 bits per heavy atom. The molecule has 2 N–H and O–H groups in total. The molecule has 0 saturated heterocycles. The number of hydrogen-bond acceptors (Lipinski definition) is 2. The molecule has 9 heavy (non-hydrogen) atoms. The van der Waals surface area contributed by atoms with Crippen molar-refractivity contribution in [3.63, 3.8) is 0 Å². The SMILES string of the molecule is CC(C)(CO)C(=O)O.[Na]. The average Bonchev–Trinajstić information content (AvgIpc) is 1.67. The van der Waals surface area contributed by atoms with Gasteiger partial charge in [0.05, 0.1) is 12.0 Å². The Kier molecular flexibility index (Phi) is 5.77. The molecule has 0 aromatic carbocycles. The smallest absolute Gasteiger partial charge is 0.311 e. The van der Waals surface area contributed by atoms with Crippen LogP contribution >= 0.6 is 0 Å². The number of hydrogen-bond donors (Lipinski definition) is 2. The minimum atomic E-state index is -0.986. The second-order valence-corrected chi connectivity index (χ2v) is 2.35. The van der Waals surface area contributed by atoms with Crippen LogP contribution in [0.15, 0.2) is 0 Å². The zero-order chi connectivity index (χ0) is 6.78. The molecule has 0 spiro atoms. The zero-order valence-electron chi connectivity index (χ0n) is 6.01. The van der Waals surface area contributed by atoms with Gasteiger partial charge in [-0.2, -0.15) is 0 Å². The predicted octanol–water partition coefficient (Wildman–Crippen LogP) is -0.291. The summed E-state index contributed by atoms with van der Waals surface area (Å²) in [6.07, 6.45) is 0. The monoisotopic (exact) mass is 141 g/mol. The van der Waals surface area contributed by atoms with E-state index in [1.54, 1.807) is 0 Å². The van der Waals surface area contributed by atoms with Crippen molar-refractivity contribution in [1.29, 1.82) is 0 Å². The summed E-state index contributed by atoms with van der Waals surface area (Å²) >= 11 is 0. The first-order valence-electron chi connectivity index (χ1n) is 2.35. The van der Waals surface area contributed by atoms with E-state index >= 15 is 0 Å². The van der Waals surface area contributed by atoms with Crippen LogP contribution in [0.1, 0.15) is 13.8 Å². The van der Waals surface area contributed by atoms with Crippen LogP contribution in [-0.4, -0.2) is 52.3 Å². The molecule has 0 atom stereocenters. The second kappa shape index (κ2) is 4.28. The molecule has 0 bridgehead atoms. The van der Waals surface area contributed by atoms with Crippen LogP contribution < -0.4 is 0 Å². The van der Waals surface area contributed by atoms with E-state index in [1.165, 1.54) is 13.8 Å². The number of carbonyl (C=O) groups is 1. The molecule has 0 unspecified atom stereocenters. The second-order valence-electron chi connectivity index (χ2n) is 2.35. The third kappa shape index (κ3) is 3.92. The summed E-state index contributed by atoms with van der Waals surface area (Å²) in [5, 5.41) is 16.7. The molecule has 4 heteroatoms. The van der Waals surface area contributed by atoms with E-state index in [0.717, 1.165) is 0 Å². The van der Waals surface area contributed by atoms with Crippen molar-refractivity contribution in [3.8, 4) is 0 Å². The first kappa shape index (κ1) is 12.1. The fourth-order valence-electron chi connectivity index (χ4n) is 0.0676. The van der Waals surface area contributed by atoms with Crippen LogP contribution in [0.25, 0.3) is 0 Å². The van der Waals surface area contributed by atoms with E-state index in [2.05, 4.69) is 0 Å². The van der Waals surface area contributed by atoms with Gasteiger partial charge in [0.1, 0.15) is 0 Å². The summed E-state index contributed by atoms with van der Waals surface area (Å²) < 4.78 is 0. The normalized spacial score (nSPS) is 10.1.